The lowest BCUT2D eigenvalue weighted by Crippen LogP contribution is -2.26. The molecular weight excluding hydrogens is 495 g/mol. The number of hydrogen-bond acceptors (Lipinski definition) is 3. The largest absolute Gasteiger partial charge is 0.485 e. The monoisotopic (exact) mass is 527 g/mol. The molecule has 3 rings (SSSR count). The van der Waals surface area contributed by atoms with Crippen molar-refractivity contribution < 1.29 is 32.6 Å². The zero-order valence-electron chi connectivity index (χ0n) is 21.9. The number of alkyl halides is 3. The van der Waals surface area contributed by atoms with Crippen molar-refractivity contribution >= 4 is 11.9 Å². The minimum atomic E-state index is -4.37. The molecule has 2 N–H and O–H groups in total. The summed E-state index contributed by atoms with van der Waals surface area (Å²) in [5, 5.41) is 11.4. The smallest absolute Gasteiger partial charge is 0.416 e. The molecule has 0 aromatic heterocycles. The molecule has 0 radical (unpaired) electrons. The molecule has 0 aliphatic heterocycles. The van der Waals surface area contributed by atoms with E-state index >= 15 is 0 Å². The number of rotatable bonds is 9. The van der Waals surface area contributed by atoms with Crippen molar-refractivity contribution in [3.8, 4) is 16.9 Å². The highest BCUT2D eigenvalue weighted by Gasteiger charge is 2.30. The number of carbonyl (C=O) groups excluding carboxylic acids is 1. The van der Waals surface area contributed by atoms with Crippen molar-refractivity contribution in [2.45, 2.75) is 58.2 Å². The standard InChI is InChI=1S/C30H32F3NO4/c1-5-25(21-8-6-19(7-9-21)20-10-13-23(14-11-20)30(31,32)33)38-26-15-12-22(18-24(26)29(2,3)4)28(37)34-17-16-27(35)36/h6-15,18,25H,5,16-17H2,1-4H3,(H,34,37)(H,35,36)/t25-/m1/s1. The predicted octanol–water partition coefficient (Wildman–Crippen LogP) is 7.40. The summed E-state index contributed by atoms with van der Waals surface area (Å²) in [7, 11) is 0. The first-order valence-corrected chi connectivity index (χ1v) is 12.4. The zero-order chi connectivity index (χ0) is 28.1. The van der Waals surface area contributed by atoms with E-state index < -0.39 is 17.7 Å². The molecule has 0 saturated carbocycles. The van der Waals surface area contributed by atoms with Gasteiger partial charge < -0.3 is 15.2 Å². The number of halogens is 3. The number of hydrogen-bond donors (Lipinski definition) is 2. The Morgan fingerprint density at radius 3 is 2.00 bits per heavy atom. The first-order valence-electron chi connectivity index (χ1n) is 12.4. The maximum Gasteiger partial charge on any atom is 0.416 e. The van der Waals surface area contributed by atoms with E-state index in [0.717, 1.165) is 28.8 Å². The molecule has 0 aliphatic rings. The lowest BCUT2D eigenvalue weighted by Gasteiger charge is -2.27. The zero-order valence-corrected chi connectivity index (χ0v) is 21.9. The Hall–Kier alpha value is -3.81. The van der Waals surface area contributed by atoms with Crippen LogP contribution in [0.2, 0.25) is 0 Å². The van der Waals surface area contributed by atoms with E-state index in [1.165, 1.54) is 12.1 Å². The molecule has 0 heterocycles. The van der Waals surface area contributed by atoms with Crippen molar-refractivity contribution in [1.82, 2.24) is 5.32 Å². The second-order valence-corrected chi connectivity index (χ2v) is 10.1. The summed E-state index contributed by atoms with van der Waals surface area (Å²) in [6.45, 7) is 8.08. The summed E-state index contributed by atoms with van der Waals surface area (Å²) >= 11 is 0. The molecule has 3 aromatic carbocycles. The van der Waals surface area contributed by atoms with Gasteiger partial charge in [0, 0.05) is 17.7 Å². The molecule has 38 heavy (non-hydrogen) atoms. The first kappa shape index (κ1) is 28.8. The van der Waals surface area contributed by atoms with Crippen LogP contribution in [0.1, 0.15) is 73.7 Å². The minimum absolute atomic E-state index is 0.0393. The molecule has 5 nitrogen and oxygen atoms in total. The molecule has 3 aromatic rings. The van der Waals surface area contributed by atoms with Crippen LogP contribution >= 0.6 is 0 Å². The van der Waals surface area contributed by atoms with Gasteiger partial charge in [-0.15, -0.1) is 0 Å². The van der Waals surface area contributed by atoms with Gasteiger partial charge in [-0.3, -0.25) is 9.59 Å². The van der Waals surface area contributed by atoms with Crippen molar-refractivity contribution in [2.75, 3.05) is 6.54 Å². The number of carboxylic acid groups (broad SMARTS) is 1. The van der Waals surface area contributed by atoms with Gasteiger partial charge in [0.25, 0.3) is 5.91 Å². The normalized spacial score (nSPS) is 12.6. The van der Waals surface area contributed by atoms with Gasteiger partial charge in [-0.05, 0) is 58.9 Å². The van der Waals surface area contributed by atoms with Crippen LogP contribution in [0.25, 0.3) is 11.1 Å². The lowest BCUT2D eigenvalue weighted by molar-refractivity contribution is -0.138. The Labute approximate surface area is 220 Å². The second kappa shape index (κ2) is 11.7. The van der Waals surface area contributed by atoms with Gasteiger partial charge in [0.1, 0.15) is 11.9 Å². The van der Waals surface area contributed by atoms with Crippen LogP contribution in [0.3, 0.4) is 0 Å². The van der Waals surface area contributed by atoms with Gasteiger partial charge in [-0.1, -0.05) is 64.1 Å². The fourth-order valence-electron chi connectivity index (χ4n) is 4.03. The van der Waals surface area contributed by atoms with Crippen molar-refractivity contribution in [1.29, 1.82) is 0 Å². The average molecular weight is 528 g/mol. The van der Waals surface area contributed by atoms with Gasteiger partial charge in [0.2, 0.25) is 0 Å². The molecule has 0 unspecified atom stereocenters. The topological polar surface area (TPSA) is 75.6 Å². The predicted molar refractivity (Wildman–Crippen MR) is 140 cm³/mol. The third-order valence-electron chi connectivity index (χ3n) is 6.14. The van der Waals surface area contributed by atoms with Crippen LogP contribution in [0, 0.1) is 0 Å². The minimum Gasteiger partial charge on any atom is -0.485 e. The summed E-state index contributed by atoms with van der Waals surface area (Å²) in [5.74, 6) is -0.699. The number of aliphatic carboxylic acids is 1. The number of nitrogens with one attached hydrogen (secondary N) is 1. The summed E-state index contributed by atoms with van der Waals surface area (Å²) in [6, 6.07) is 17.8. The van der Waals surface area contributed by atoms with E-state index in [4.69, 9.17) is 9.84 Å². The maximum atomic E-state index is 12.9. The SMILES string of the molecule is CC[C@@H](Oc1ccc(C(=O)NCCC(=O)O)cc1C(C)(C)C)c1ccc(-c2ccc(C(F)(F)F)cc2)cc1. The van der Waals surface area contributed by atoms with E-state index in [0.29, 0.717) is 23.3 Å². The quantitative estimate of drug-likeness (QED) is 0.304. The maximum absolute atomic E-state index is 12.9. The molecule has 202 valence electrons. The Bertz CT molecular complexity index is 1260. The molecule has 0 saturated heterocycles. The second-order valence-electron chi connectivity index (χ2n) is 10.1. The fraction of sp³-hybridized carbons (Fsp3) is 0.333. The molecule has 1 atom stereocenters. The van der Waals surface area contributed by atoms with Gasteiger partial charge in [-0.2, -0.15) is 13.2 Å². The Morgan fingerprint density at radius 2 is 1.50 bits per heavy atom. The number of carbonyl (C=O) groups is 2. The summed E-state index contributed by atoms with van der Waals surface area (Å²) < 4.78 is 45.0. The van der Waals surface area contributed by atoms with Gasteiger partial charge in [-0.25, -0.2) is 0 Å². The van der Waals surface area contributed by atoms with E-state index in [-0.39, 0.29) is 30.4 Å². The average Bonchev–Trinajstić information content (AvgIpc) is 2.86. The highest BCUT2D eigenvalue weighted by atomic mass is 19.4. The number of ether oxygens (including phenoxy) is 1. The van der Waals surface area contributed by atoms with Crippen LogP contribution in [0.5, 0.6) is 5.75 Å². The summed E-state index contributed by atoms with van der Waals surface area (Å²) in [4.78, 5) is 23.3. The number of benzene rings is 3. The summed E-state index contributed by atoms with van der Waals surface area (Å²) in [5.41, 5.74) is 2.63. The van der Waals surface area contributed by atoms with Crippen molar-refractivity contribution in [2.24, 2.45) is 0 Å². The third kappa shape index (κ3) is 7.37. The Kier molecular flexibility index (Phi) is 8.86. The number of carboxylic acids is 1. The molecule has 0 spiro atoms. The van der Waals surface area contributed by atoms with Crippen LogP contribution in [0.4, 0.5) is 13.2 Å². The Balaban J connectivity index is 1.80. The molecule has 0 aliphatic carbocycles. The van der Waals surface area contributed by atoms with E-state index in [1.807, 2.05) is 52.0 Å². The molecule has 0 fully saturated rings. The Morgan fingerprint density at radius 1 is 0.921 bits per heavy atom. The van der Waals surface area contributed by atoms with Crippen LogP contribution in [0.15, 0.2) is 66.7 Å². The first-order chi connectivity index (χ1) is 17.8. The van der Waals surface area contributed by atoms with E-state index in [2.05, 4.69) is 5.32 Å². The van der Waals surface area contributed by atoms with Crippen LogP contribution < -0.4 is 10.1 Å². The lowest BCUT2D eigenvalue weighted by atomic mass is 9.85. The van der Waals surface area contributed by atoms with Gasteiger partial charge in [0.05, 0.1) is 12.0 Å². The number of amides is 1. The van der Waals surface area contributed by atoms with E-state index in [9.17, 15) is 22.8 Å². The fourth-order valence-corrected chi connectivity index (χ4v) is 4.03. The van der Waals surface area contributed by atoms with Crippen LogP contribution in [-0.2, 0) is 16.4 Å². The molecule has 1 amide bonds. The molecule has 0 bridgehead atoms. The van der Waals surface area contributed by atoms with Gasteiger partial charge >= 0.3 is 12.1 Å². The van der Waals surface area contributed by atoms with Gasteiger partial charge in [0.15, 0.2) is 0 Å². The molecule has 8 heteroatoms. The van der Waals surface area contributed by atoms with E-state index in [1.54, 1.807) is 18.2 Å². The van der Waals surface area contributed by atoms with Crippen molar-refractivity contribution in [3.05, 3.63) is 89.0 Å². The third-order valence-corrected chi connectivity index (χ3v) is 6.14. The highest BCUT2D eigenvalue weighted by molar-refractivity contribution is 5.94. The highest BCUT2D eigenvalue weighted by Crippen LogP contribution is 2.36. The van der Waals surface area contributed by atoms with Crippen LogP contribution in [-0.4, -0.2) is 23.5 Å². The van der Waals surface area contributed by atoms with Crippen molar-refractivity contribution in [3.63, 3.8) is 0 Å². The summed E-state index contributed by atoms with van der Waals surface area (Å²) in [6.07, 6.45) is -4.15. The molecular formula is C30H32F3NO4.